The second kappa shape index (κ2) is 5.21. The maximum Gasteiger partial charge on any atom is 0.244 e. The van der Waals surface area contributed by atoms with Crippen LogP contribution in [0.1, 0.15) is 34.6 Å². The molecule has 0 saturated heterocycles. The standard InChI is InChI=1S/C14H22BrN3O2S/c1-6-16-11-10(7-9(15)8-17-11)21(19,20)18-12-13(2,3)14(12,4)5/h7-8,12,18H,6H2,1-5H3,(H,16,17). The van der Waals surface area contributed by atoms with Crippen LogP contribution in [-0.4, -0.2) is 26.0 Å². The van der Waals surface area contributed by atoms with Crippen LogP contribution in [0.4, 0.5) is 5.82 Å². The number of hydrogen-bond acceptors (Lipinski definition) is 4. The Hall–Kier alpha value is -0.660. The van der Waals surface area contributed by atoms with Gasteiger partial charge in [0.15, 0.2) is 0 Å². The topological polar surface area (TPSA) is 71.1 Å². The molecule has 1 aromatic heterocycles. The van der Waals surface area contributed by atoms with E-state index in [2.05, 4.69) is 58.6 Å². The smallest absolute Gasteiger partial charge is 0.244 e. The molecule has 0 bridgehead atoms. The van der Waals surface area contributed by atoms with E-state index in [0.717, 1.165) is 0 Å². The van der Waals surface area contributed by atoms with Crippen LogP contribution in [0.5, 0.6) is 0 Å². The Morgan fingerprint density at radius 2 is 1.86 bits per heavy atom. The molecular formula is C14H22BrN3O2S. The summed E-state index contributed by atoms with van der Waals surface area (Å²) in [4.78, 5) is 4.34. The number of rotatable bonds is 5. The summed E-state index contributed by atoms with van der Waals surface area (Å²) in [5.74, 6) is 0.379. The maximum atomic E-state index is 12.7. The van der Waals surface area contributed by atoms with Crippen molar-refractivity contribution in [2.24, 2.45) is 10.8 Å². The first-order valence-electron chi connectivity index (χ1n) is 6.96. The minimum Gasteiger partial charge on any atom is -0.369 e. The molecule has 0 atom stereocenters. The molecule has 0 radical (unpaired) electrons. The minimum absolute atomic E-state index is 0.0577. The third-order valence-electron chi connectivity index (χ3n) is 4.75. The molecule has 2 N–H and O–H groups in total. The van der Waals surface area contributed by atoms with Gasteiger partial charge in [0.25, 0.3) is 0 Å². The van der Waals surface area contributed by atoms with Crippen LogP contribution in [-0.2, 0) is 10.0 Å². The van der Waals surface area contributed by atoms with Gasteiger partial charge in [0, 0.05) is 23.3 Å². The van der Waals surface area contributed by atoms with Crippen LogP contribution in [0.25, 0.3) is 0 Å². The average Bonchev–Trinajstić information content (AvgIpc) is 2.74. The van der Waals surface area contributed by atoms with Gasteiger partial charge in [-0.05, 0) is 39.8 Å². The van der Waals surface area contributed by atoms with E-state index in [0.29, 0.717) is 16.8 Å². The molecule has 1 fully saturated rings. The van der Waals surface area contributed by atoms with E-state index >= 15 is 0 Å². The zero-order valence-electron chi connectivity index (χ0n) is 13.0. The van der Waals surface area contributed by atoms with Gasteiger partial charge in [-0.15, -0.1) is 0 Å². The Morgan fingerprint density at radius 1 is 1.29 bits per heavy atom. The van der Waals surface area contributed by atoms with Crippen molar-refractivity contribution < 1.29 is 8.42 Å². The van der Waals surface area contributed by atoms with E-state index in [9.17, 15) is 8.42 Å². The number of halogens is 1. The van der Waals surface area contributed by atoms with E-state index < -0.39 is 10.0 Å². The Morgan fingerprint density at radius 3 is 2.33 bits per heavy atom. The molecule has 1 saturated carbocycles. The summed E-state index contributed by atoms with van der Waals surface area (Å²) in [6.07, 6.45) is 1.59. The molecule has 0 unspecified atom stereocenters. The van der Waals surface area contributed by atoms with Crippen LogP contribution in [0.15, 0.2) is 21.6 Å². The third kappa shape index (κ3) is 2.83. The van der Waals surface area contributed by atoms with E-state index in [-0.39, 0.29) is 21.8 Å². The fraction of sp³-hybridized carbons (Fsp3) is 0.643. The molecule has 0 spiro atoms. The highest BCUT2D eigenvalue weighted by molar-refractivity contribution is 9.10. The summed E-state index contributed by atoms with van der Waals surface area (Å²) in [6, 6.07) is 1.50. The van der Waals surface area contributed by atoms with Gasteiger partial charge >= 0.3 is 0 Å². The number of nitrogens with one attached hydrogen (secondary N) is 2. The van der Waals surface area contributed by atoms with Crippen molar-refractivity contribution in [1.29, 1.82) is 0 Å². The van der Waals surface area contributed by atoms with Crippen LogP contribution in [0.2, 0.25) is 0 Å². The van der Waals surface area contributed by atoms with Crippen LogP contribution in [0.3, 0.4) is 0 Å². The first kappa shape index (κ1) is 16.7. The zero-order chi connectivity index (χ0) is 16.1. The van der Waals surface area contributed by atoms with Crippen molar-refractivity contribution in [3.63, 3.8) is 0 Å². The van der Waals surface area contributed by atoms with Gasteiger partial charge in [0.05, 0.1) is 0 Å². The Labute approximate surface area is 135 Å². The van der Waals surface area contributed by atoms with Crippen LogP contribution >= 0.6 is 15.9 Å². The van der Waals surface area contributed by atoms with Crippen molar-refractivity contribution in [3.8, 4) is 0 Å². The molecular weight excluding hydrogens is 354 g/mol. The molecule has 1 aliphatic carbocycles. The van der Waals surface area contributed by atoms with Crippen molar-refractivity contribution in [1.82, 2.24) is 9.71 Å². The molecule has 118 valence electrons. The minimum atomic E-state index is -3.62. The SMILES string of the molecule is CCNc1ncc(Br)cc1S(=O)(=O)NC1C(C)(C)C1(C)C. The first-order valence-corrected chi connectivity index (χ1v) is 9.23. The van der Waals surface area contributed by atoms with Gasteiger partial charge in [-0.25, -0.2) is 18.1 Å². The highest BCUT2D eigenvalue weighted by Crippen LogP contribution is 2.63. The normalized spacial score (nSPS) is 20.3. The van der Waals surface area contributed by atoms with Gasteiger partial charge in [0.1, 0.15) is 10.7 Å². The van der Waals surface area contributed by atoms with Gasteiger partial charge in [-0.1, -0.05) is 27.7 Å². The number of aromatic nitrogens is 1. The quantitative estimate of drug-likeness (QED) is 0.829. The summed E-state index contributed by atoms with van der Waals surface area (Å²) in [7, 11) is -3.62. The number of pyridine rings is 1. The van der Waals surface area contributed by atoms with Crippen LogP contribution in [0, 0.1) is 10.8 Å². The van der Waals surface area contributed by atoms with E-state index in [1.807, 2.05) is 6.92 Å². The van der Waals surface area contributed by atoms with Crippen LogP contribution < -0.4 is 10.0 Å². The second-order valence-corrected chi connectivity index (χ2v) is 9.13. The molecule has 2 rings (SSSR count). The lowest BCUT2D eigenvalue weighted by Gasteiger charge is -2.13. The summed E-state index contributed by atoms with van der Waals surface area (Å²) in [5.41, 5.74) is -0.115. The number of sulfonamides is 1. The summed E-state index contributed by atoms with van der Waals surface area (Å²) in [6.45, 7) is 10.8. The summed E-state index contributed by atoms with van der Waals surface area (Å²) in [5, 5.41) is 2.99. The molecule has 0 amide bonds. The first-order chi connectivity index (χ1) is 9.54. The van der Waals surface area contributed by atoms with Gasteiger partial charge in [-0.3, -0.25) is 0 Å². The zero-order valence-corrected chi connectivity index (χ0v) is 15.4. The Bertz CT molecular complexity index is 642. The molecule has 5 nitrogen and oxygen atoms in total. The van der Waals surface area contributed by atoms with Crippen molar-refractivity contribution in [2.75, 3.05) is 11.9 Å². The second-order valence-electron chi connectivity index (χ2n) is 6.53. The largest absolute Gasteiger partial charge is 0.369 e. The van der Waals surface area contributed by atoms with Gasteiger partial charge in [0.2, 0.25) is 10.0 Å². The third-order valence-corrected chi connectivity index (χ3v) is 6.62. The lowest BCUT2D eigenvalue weighted by atomic mass is 10.0. The van der Waals surface area contributed by atoms with Gasteiger partial charge < -0.3 is 5.32 Å². The van der Waals surface area contributed by atoms with Crippen molar-refractivity contribution in [2.45, 2.75) is 45.6 Å². The highest BCUT2D eigenvalue weighted by atomic mass is 79.9. The monoisotopic (exact) mass is 375 g/mol. The van der Waals surface area contributed by atoms with Gasteiger partial charge in [-0.2, -0.15) is 0 Å². The highest BCUT2D eigenvalue weighted by Gasteiger charge is 2.66. The molecule has 0 aromatic carbocycles. The van der Waals surface area contributed by atoms with E-state index in [4.69, 9.17) is 0 Å². The lowest BCUT2D eigenvalue weighted by Crippen LogP contribution is -2.30. The maximum absolute atomic E-state index is 12.7. The van der Waals surface area contributed by atoms with Crippen molar-refractivity contribution >= 4 is 31.8 Å². The molecule has 1 heterocycles. The predicted molar refractivity (Wildman–Crippen MR) is 87.8 cm³/mol. The van der Waals surface area contributed by atoms with E-state index in [1.54, 1.807) is 12.3 Å². The van der Waals surface area contributed by atoms with Crippen molar-refractivity contribution in [3.05, 3.63) is 16.7 Å². The Balaban J connectivity index is 2.35. The van der Waals surface area contributed by atoms with E-state index in [1.165, 1.54) is 0 Å². The summed E-state index contributed by atoms with van der Waals surface area (Å²) >= 11 is 3.28. The lowest BCUT2D eigenvalue weighted by molar-refractivity contribution is 0.457. The molecule has 0 aliphatic heterocycles. The summed E-state index contributed by atoms with van der Waals surface area (Å²) < 4.78 is 28.9. The number of hydrogen-bond donors (Lipinski definition) is 2. The molecule has 21 heavy (non-hydrogen) atoms. The fourth-order valence-electron chi connectivity index (χ4n) is 2.64. The predicted octanol–water partition coefficient (Wildman–Crippen LogP) is 2.99. The molecule has 7 heteroatoms. The molecule has 1 aliphatic rings. The number of nitrogens with zero attached hydrogens (tertiary/aromatic N) is 1. The fourth-order valence-corrected chi connectivity index (χ4v) is 4.81. The number of anilines is 1. The average molecular weight is 376 g/mol. The Kier molecular flexibility index (Phi) is 4.14. The molecule has 1 aromatic rings.